The highest BCUT2D eigenvalue weighted by molar-refractivity contribution is 5.80. The Morgan fingerprint density at radius 1 is 0.957 bits per heavy atom. The second-order valence-electron chi connectivity index (χ2n) is 5.46. The zero-order valence-corrected chi connectivity index (χ0v) is 13.3. The summed E-state index contributed by atoms with van der Waals surface area (Å²) < 4.78 is 5.21. The van der Waals surface area contributed by atoms with Crippen molar-refractivity contribution in [1.82, 2.24) is 4.98 Å². The Morgan fingerprint density at radius 3 is 2.39 bits per heavy atom. The Hall–Kier alpha value is -2.99. The predicted octanol–water partition coefficient (Wildman–Crippen LogP) is 3.97. The van der Waals surface area contributed by atoms with Gasteiger partial charge in [-0.15, -0.1) is 0 Å². The maximum atomic E-state index is 9.81. The Bertz CT molecular complexity index is 926. The Labute approximate surface area is 135 Å². The van der Waals surface area contributed by atoms with Crippen LogP contribution >= 0.6 is 0 Å². The normalized spacial score (nSPS) is 10.2. The van der Waals surface area contributed by atoms with E-state index in [-0.39, 0.29) is 0 Å². The zero-order chi connectivity index (χ0) is 16.4. The van der Waals surface area contributed by atoms with Crippen LogP contribution in [0.1, 0.15) is 22.4 Å². The van der Waals surface area contributed by atoms with Crippen molar-refractivity contribution < 1.29 is 9.84 Å². The minimum Gasteiger partial charge on any atom is -0.507 e. The summed E-state index contributed by atoms with van der Waals surface area (Å²) in [6, 6.07) is 13.4. The van der Waals surface area contributed by atoms with Gasteiger partial charge in [0.05, 0.1) is 12.6 Å². The number of nitrogens with zero attached hydrogens (tertiary/aromatic N) is 1. The van der Waals surface area contributed by atoms with Crippen LogP contribution in [0.5, 0.6) is 11.5 Å². The third-order valence-electron chi connectivity index (χ3n) is 3.72. The number of aromatic nitrogens is 1. The van der Waals surface area contributed by atoms with Crippen LogP contribution in [-0.4, -0.2) is 17.2 Å². The van der Waals surface area contributed by atoms with Crippen LogP contribution in [0.3, 0.4) is 0 Å². The van der Waals surface area contributed by atoms with Crippen LogP contribution in [0, 0.1) is 25.7 Å². The largest absolute Gasteiger partial charge is 0.507 e. The van der Waals surface area contributed by atoms with E-state index in [9.17, 15) is 5.11 Å². The molecule has 0 unspecified atom stereocenters. The highest BCUT2D eigenvalue weighted by Gasteiger charge is 2.02. The second kappa shape index (κ2) is 6.02. The molecule has 0 aliphatic rings. The van der Waals surface area contributed by atoms with E-state index >= 15 is 0 Å². The first-order chi connectivity index (χ1) is 11.1. The predicted molar refractivity (Wildman–Crippen MR) is 91.9 cm³/mol. The fourth-order valence-corrected chi connectivity index (χ4v) is 2.46. The van der Waals surface area contributed by atoms with Gasteiger partial charge in [0.1, 0.15) is 17.2 Å². The number of benzene rings is 2. The summed E-state index contributed by atoms with van der Waals surface area (Å²) >= 11 is 0. The minimum atomic E-state index is 0.327. The van der Waals surface area contributed by atoms with Gasteiger partial charge < -0.3 is 9.84 Å². The first kappa shape index (κ1) is 14.9. The molecule has 1 aromatic heterocycles. The molecule has 0 atom stereocenters. The smallest absolute Gasteiger partial charge is 0.121 e. The molecular weight excluding hydrogens is 286 g/mol. The number of ether oxygens (including phenoxy) is 1. The van der Waals surface area contributed by atoms with Crippen molar-refractivity contribution in [3.8, 4) is 23.3 Å². The van der Waals surface area contributed by atoms with E-state index in [4.69, 9.17) is 4.74 Å². The fraction of sp³-hybridized carbons (Fsp3) is 0.150. The molecule has 114 valence electrons. The molecule has 0 saturated carbocycles. The highest BCUT2D eigenvalue weighted by Crippen LogP contribution is 2.22. The monoisotopic (exact) mass is 303 g/mol. The molecule has 3 heteroatoms. The van der Waals surface area contributed by atoms with Crippen LogP contribution in [0.4, 0.5) is 0 Å². The summed E-state index contributed by atoms with van der Waals surface area (Å²) in [6.45, 7) is 3.74. The summed E-state index contributed by atoms with van der Waals surface area (Å²) in [6.07, 6.45) is 0. The van der Waals surface area contributed by atoms with E-state index in [1.807, 2.05) is 56.3 Å². The third-order valence-corrected chi connectivity index (χ3v) is 3.72. The van der Waals surface area contributed by atoms with Crippen molar-refractivity contribution in [3.05, 3.63) is 64.8 Å². The second-order valence-corrected chi connectivity index (χ2v) is 5.46. The van der Waals surface area contributed by atoms with E-state index in [0.29, 0.717) is 11.4 Å². The number of phenols is 1. The molecule has 3 rings (SSSR count). The van der Waals surface area contributed by atoms with Crippen molar-refractivity contribution in [2.45, 2.75) is 13.8 Å². The number of aryl methyl sites for hydroxylation is 2. The van der Waals surface area contributed by atoms with Gasteiger partial charge in [-0.2, -0.15) is 0 Å². The van der Waals surface area contributed by atoms with Gasteiger partial charge in [0.25, 0.3) is 0 Å². The topological polar surface area (TPSA) is 42.4 Å². The van der Waals surface area contributed by atoms with Gasteiger partial charge in [-0.25, -0.2) is 4.98 Å². The molecule has 0 bridgehead atoms. The lowest BCUT2D eigenvalue weighted by atomic mass is 10.1. The molecule has 23 heavy (non-hydrogen) atoms. The maximum absolute atomic E-state index is 9.81. The lowest BCUT2D eigenvalue weighted by molar-refractivity contribution is 0.415. The first-order valence-corrected chi connectivity index (χ1v) is 7.34. The summed E-state index contributed by atoms with van der Waals surface area (Å²) in [4.78, 5) is 4.55. The van der Waals surface area contributed by atoms with Crippen LogP contribution in [0.25, 0.3) is 10.9 Å². The summed E-state index contributed by atoms with van der Waals surface area (Å²) in [7, 11) is 1.65. The number of fused-ring (bicyclic) bond motifs is 1. The average molecular weight is 303 g/mol. The van der Waals surface area contributed by atoms with Gasteiger partial charge in [0.15, 0.2) is 0 Å². The molecule has 0 radical (unpaired) electrons. The molecular formula is C20H17NO2. The molecule has 2 aromatic carbocycles. The van der Waals surface area contributed by atoms with Crippen molar-refractivity contribution in [2.75, 3.05) is 7.11 Å². The molecule has 1 N–H and O–H groups in total. The van der Waals surface area contributed by atoms with Gasteiger partial charge >= 0.3 is 0 Å². The first-order valence-electron chi connectivity index (χ1n) is 7.34. The molecule has 3 nitrogen and oxygen atoms in total. The number of hydrogen-bond donors (Lipinski definition) is 1. The van der Waals surface area contributed by atoms with E-state index in [0.717, 1.165) is 33.3 Å². The minimum absolute atomic E-state index is 0.327. The lowest BCUT2D eigenvalue weighted by Gasteiger charge is -2.03. The summed E-state index contributed by atoms with van der Waals surface area (Å²) in [5, 5.41) is 10.8. The Kier molecular flexibility index (Phi) is 3.91. The molecule has 0 amide bonds. The van der Waals surface area contributed by atoms with E-state index in [2.05, 4.69) is 16.8 Å². The number of rotatable bonds is 1. The quantitative estimate of drug-likeness (QED) is 0.692. The van der Waals surface area contributed by atoms with Crippen LogP contribution in [-0.2, 0) is 0 Å². The molecule has 0 aliphatic carbocycles. The average Bonchev–Trinajstić information content (AvgIpc) is 2.57. The van der Waals surface area contributed by atoms with Crippen molar-refractivity contribution in [1.29, 1.82) is 0 Å². The summed E-state index contributed by atoms with van der Waals surface area (Å²) in [5.41, 5.74) is 4.12. The van der Waals surface area contributed by atoms with Crippen molar-refractivity contribution >= 4 is 10.9 Å². The standard InChI is InChI=1S/C20H17NO2/c1-13-10-15(11-14(2)20(13)22)4-6-17-7-5-16-12-18(23-3)8-9-19(16)21-17/h5,7-12,22H,1-3H3. The molecule has 1 heterocycles. The van der Waals surface area contributed by atoms with Gasteiger partial charge in [0.2, 0.25) is 0 Å². The molecule has 0 saturated heterocycles. The van der Waals surface area contributed by atoms with Gasteiger partial charge in [-0.05, 0) is 73.4 Å². The van der Waals surface area contributed by atoms with Gasteiger partial charge in [0, 0.05) is 10.9 Å². The van der Waals surface area contributed by atoms with Crippen molar-refractivity contribution in [3.63, 3.8) is 0 Å². The molecule has 0 spiro atoms. The van der Waals surface area contributed by atoms with E-state index in [1.54, 1.807) is 7.11 Å². The zero-order valence-electron chi connectivity index (χ0n) is 13.3. The van der Waals surface area contributed by atoms with Crippen LogP contribution in [0.2, 0.25) is 0 Å². The maximum Gasteiger partial charge on any atom is 0.121 e. The third kappa shape index (κ3) is 3.12. The number of phenolic OH excluding ortho intramolecular Hbond substituents is 1. The highest BCUT2D eigenvalue weighted by atomic mass is 16.5. The Morgan fingerprint density at radius 2 is 1.70 bits per heavy atom. The fourth-order valence-electron chi connectivity index (χ4n) is 2.46. The number of pyridine rings is 1. The van der Waals surface area contributed by atoms with E-state index < -0.39 is 0 Å². The van der Waals surface area contributed by atoms with Crippen LogP contribution in [0.15, 0.2) is 42.5 Å². The lowest BCUT2D eigenvalue weighted by Crippen LogP contribution is -1.87. The Balaban J connectivity index is 1.96. The SMILES string of the molecule is COc1ccc2nc(C#Cc3cc(C)c(O)c(C)c3)ccc2c1. The van der Waals surface area contributed by atoms with Gasteiger partial charge in [-0.3, -0.25) is 0 Å². The molecule has 3 aromatic rings. The molecule has 0 fully saturated rings. The molecule has 0 aliphatic heterocycles. The van der Waals surface area contributed by atoms with Crippen LogP contribution < -0.4 is 4.74 Å². The summed E-state index contributed by atoms with van der Waals surface area (Å²) in [5.74, 6) is 7.33. The van der Waals surface area contributed by atoms with E-state index in [1.165, 1.54) is 0 Å². The number of aromatic hydroxyl groups is 1. The number of methoxy groups -OCH3 is 1. The van der Waals surface area contributed by atoms with Crippen molar-refractivity contribution in [2.24, 2.45) is 0 Å². The van der Waals surface area contributed by atoms with Gasteiger partial charge in [-0.1, -0.05) is 5.92 Å². The number of hydrogen-bond acceptors (Lipinski definition) is 3.